The number of alkyl halides is 2. The summed E-state index contributed by atoms with van der Waals surface area (Å²) in [6.45, 7) is -1.05. The highest BCUT2D eigenvalue weighted by Crippen LogP contribution is 2.29. The fourth-order valence-electron chi connectivity index (χ4n) is 1.74. The van der Waals surface area contributed by atoms with Crippen LogP contribution in [0.3, 0.4) is 0 Å². The molecular formula is C16H15ClF2N4O2. The number of benzene rings is 1. The third-order valence-corrected chi connectivity index (χ3v) is 3.26. The fourth-order valence-corrected chi connectivity index (χ4v) is 1.90. The van der Waals surface area contributed by atoms with Gasteiger partial charge in [-0.2, -0.15) is 13.9 Å². The quantitative estimate of drug-likeness (QED) is 0.642. The van der Waals surface area contributed by atoms with E-state index in [0.29, 0.717) is 11.6 Å². The Balaban J connectivity index is 2.00. The van der Waals surface area contributed by atoms with Crippen molar-refractivity contribution >= 4 is 17.3 Å². The van der Waals surface area contributed by atoms with Gasteiger partial charge in [0.2, 0.25) is 5.88 Å². The first-order valence-electron chi connectivity index (χ1n) is 7.11. The number of nitrogens with zero attached hydrogens (tertiary/aromatic N) is 2. The molecule has 0 fully saturated rings. The van der Waals surface area contributed by atoms with Gasteiger partial charge in [-0.1, -0.05) is 17.7 Å². The van der Waals surface area contributed by atoms with Crippen LogP contribution in [0, 0.1) is 12.5 Å². The molecule has 1 heterocycles. The summed E-state index contributed by atoms with van der Waals surface area (Å²) in [5, 5.41) is 6.23. The van der Waals surface area contributed by atoms with Gasteiger partial charge < -0.3 is 14.8 Å². The average molecular weight is 369 g/mol. The summed E-state index contributed by atoms with van der Waals surface area (Å²) in [5.74, 6) is 0.249. The van der Waals surface area contributed by atoms with Crippen molar-refractivity contribution in [3.63, 3.8) is 0 Å². The second kappa shape index (κ2) is 8.93. The lowest BCUT2D eigenvalue weighted by Crippen LogP contribution is -2.04. The second-order valence-corrected chi connectivity index (χ2v) is 5.29. The molecule has 0 radical (unpaired) electrons. The number of ether oxygens (including phenoxy) is 2. The molecule has 9 heteroatoms. The Labute approximate surface area is 147 Å². The van der Waals surface area contributed by atoms with Crippen LogP contribution in [0.15, 0.2) is 53.5 Å². The Bertz CT molecular complexity index is 754. The number of nitrogens with one attached hydrogen (secondary N) is 2. The number of anilines is 1. The molecule has 1 aromatic heterocycles. The molecule has 0 unspecified atom stereocenters. The van der Waals surface area contributed by atoms with Gasteiger partial charge in [-0.25, -0.2) is 10.5 Å². The monoisotopic (exact) mass is 368 g/mol. The first-order valence-corrected chi connectivity index (χ1v) is 7.48. The van der Waals surface area contributed by atoms with Crippen molar-refractivity contribution in [1.82, 2.24) is 4.98 Å². The molecule has 0 aliphatic carbocycles. The van der Waals surface area contributed by atoms with E-state index in [1.54, 1.807) is 18.3 Å². The van der Waals surface area contributed by atoms with E-state index in [9.17, 15) is 8.78 Å². The number of hydrogen-bond acceptors (Lipinski definition) is 6. The molecule has 0 spiro atoms. The Morgan fingerprint density at radius 3 is 2.84 bits per heavy atom. The van der Waals surface area contributed by atoms with Crippen molar-refractivity contribution < 1.29 is 18.3 Å². The van der Waals surface area contributed by atoms with Crippen LogP contribution in [-0.4, -0.2) is 18.2 Å². The lowest BCUT2D eigenvalue weighted by molar-refractivity contribution is -0.0497. The topological polar surface area (TPSA) is 79.6 Å². The molecule has 2 N–H and O–H groups in total. The van der Waals surface area contributed by atoms with E-state index in [2.05, 4.69) is 20.2 Å². The van der Waals surface area contributed by atoms with Gasteiger partial charge in [-0.15, -0.1) is 0 Å². The molecule has 6 nitrogen and oxygen atoms in total. The lowest BCUT2D eigenvalue weighted by Gasteiger charge is -2.09. The highest BCUT2D eigenvalue weighted by Gasteiger charge is 2.09. The molecule has 0 saturated carbocycles. The second-order valence-electron chi connectivity index (χ2n) is 4.88. The van der Waals surface area contributed by atoms with Gasteiger partial charge >= 0.3 is 6.61 Å². The van der Waals surface area contributed by atoms with Gasteiger partial charge in [0.05, 0.1) is 5.02 Å². The van der Waals surface area contributed by atoms with Crippen LogP contribution in [-0.2, 0) is 0 Å². The van der Waals surface area contributed by atoms with Crippen LogP contribution in [0.2, 0.25) is 5.02 Å². The Morgan fingerprint density at radius 1 is 1.40 bits per heavy atom. The molecule has 25 heavy (non-hydrogen) atoms. The zero-order valence-electron chi connectivity index (χ0n) is 13.2. The third-order valence-electron chi connectivity index (χ3n) is 2.95. The van der Waals surface area contributed by atoms with Crippen molar-refractivity contribution in [1.29, 1.82) is 5.53 Å². The zero-order valence-corrected chi connectivity index (χ0v) is 13.9. The summed E-state index contributed by atoms with van der Waals surface area (Å²) in [7, 11) is 0. The molecule has 2 aromatic rings. The van der Waals surface area contributed by atoms with E-state index in [0.717, 1.165) is 5.56 Å². The maximum Gasteiger partial charge on any atom is 0.387 e. The van der Waals surface area contributed by atoms with Gasteiger partial charge in [0, 0.05) is 30.2 Å². The SMILES string of the molecule is Cc1ccc(OC/C(=C/Nc2ccc(Cl)c(OC(F)F)c2)N=N)nc1. The minimum atomic E-state index is -2.97. The van der Waals surface area contributed by atoms with E-state index >= 15 is 0 Å². The fraction of sp³-hybridized carbons (Fsp3) is 0.188. The smallest absolute Gasteiger partial charge is 0.387 e. The Kier molecular flexibility index (Phi) is 6.64. The summed E-state index contributed by atoms with van der Waals surface area (Å²) < 4.78 is 34.4. The summed E-state index contributed by atoms with van der Waals surface area (Å²) in [5.41, 5.74) is 8.88. The number of halogens is 3. The number of rotatable bonds is 8. The van der Waals surface area contributed by atoms with E-state index in [4.69, 9.17) is 21.9 Å². The third kappa shape index (κ3) is 6.00. The standard InChI is InChI=1S/C16H15ClF2N4O2/c1-10-2-5-15(22-7-10)24-9-12(23-20)8-21-11-3-4-13(17)14(6-11)25-16(18)19/h2-8,16,20-21H,9H2,1H3/b12-8-,23-20?. The van der Waals surface area contributed by atoms with Gasteiger partial charge in [-0.05, 0) is 24.6 Å². The number of hydrogen-bond donors (Lipinski definition) is 2. The summed E-state index contributed by atoms with van der Waals surface area (Å²) >= 11 is 5.78. The molecule has 0 bridgehead atoms. The van der Waals surface area contributed by atoms with Crippen LogP contribution in [0.4, 0.5) is 14.5 Å². The maximum absolute atomic E-state index is 12.3. The molecule has 0 atom stereocenters. The molecule has 2 rings (SSSR count). The zero-order chi connectivity index (χ0) is 18.2. The van der Waals surface area contributed by atoms with Crippen LogP contribution in [0.1, 0.15) is 5.56 Å². The average Bonchev–Trinajstić information content (AvgIpc) is 2.59. The highest BCUT2D eigenvalue weighted by molar-refractivity contribution is 6.32. The Hall–Kier alpha value is -2.74. The van der Waals surface area contributed by atoms with Crippen molar-refractivity contribution in [2.45, 2.75) is 13.5 Å². The van der Waals surface area contributed by atoms with Crippen molar-refractivity contribution in [2.75, 3.05) is 11.9 Å². The first-order chi connectivity index (χ1) is 12.0. The predicted octanol–water partition coefficient (Wildman–Crippen LogP) is 5.01. The van der Waals surface area contributed by atoms with Crippen LogP contribution >= 0.6 is 11.6 Å². The largest absolute Gasteiger partial charge is 0.471 e. The molecular weight excluding hydrogens is 354 g/mol. The van der Waals surface area contributed by atoms with Gasteiger partial charge in [0.25, 0.3) is 0 Å². The number of aromatic nitrogens is 1. The maximum atomic E-state index is 12.3. The number of aryl methyl sites for hydroxylation is 1. The van der Waals surface area contributed by atoms with Crippen LogP contribution < -0.4 is 14.8 Å². The van der Waals surface area contributed by atoms with Crippen LogP contribution in [0.25, 0.3) is 0 Å². The van der Waals surface area contributed by atoms with Gasteiger partial charge in [-0.3, -0.25) is 0 Å². The first kappa shape index (κ1) is 18.6. The minimum absolute atomic E-state index is 0.0144. The van der Waals surface area contributed by atoms with Crippen molar-refractivity contribution in [3.8, 4) is 11.6 Å². The van der Waals surface area contributed by atoms with Gasteiger partial charge in [0.1, 0.15) is 18.1 Å². The lowest BCUT2D eigenvalue weighted by atomic mass is 10.3. The van der Waals surface area contributed by atoms with E-state index in [1.807, 2.05) is 13.0 Å². The van der Waals surface area contributed by atoms with E-state index < -0.39 is 6.61 Å². The van der Waals surface area contributed by atoms with Crippen molar-refractivity contribution in [3.05, 3.63) is 59.0 Å². The molecule has 1 aromatic carbocycles. The van der Waals surface area contributed by atoms with E-state index in [1.165, 1.54) is 18.3 Å². The summed E-state index contributed by atoms with van der Waals surface area (Å²) in [6, 6.07) is 7.85. The number of pyridine rings is 1. The predicted molar refractivity (Wildman–Crippen MR) is 89.4 cm³/mol. The summed E-state index contributed by atoms with van der Waals surface area (Å²) in [6.07, 6.45) is 3.07. The van der Waals surface area contributed by atoms with Crippen molar-refractivity contribution in [2.24, 2.45) is 5.11 Å². The molecule has 132 valence electrons. The normalized spacial score (nSPS) is 11.3. The molecule has 0 aliphatic heterocycles. The minimum Gasteiger partial charge on any atom is -0.471 e. The molecule has 0 saturated heterocycles. The molecule has 0 aliphatic rings. The Morgan fingerprint density at radius 2 is 2.20 bits per heavy atom. The van der Waals surface area contributed by atoms with Gasteiger partial charge in [0.15, 0.2) is 0 Å². The van der Waals surface area contributed by atoms with Crippen LogP contribution in [0.5, 0.6) is 11.6 Å². The highest BCUT2D eigenvalue weighted by atomic mass is 35.5. The molecule has 0 amide bonds. The summed E-state index contributed by atoms with van der Waals surface area (Å²) in [4.78, 5) is 4.08. The van der Waals surface area contributed by atoms with E-state index in [-0.39, 0.29) is 23.1 Å².